The third-order valence-electron chi connectivity index (χ3n) is 4.32. The van der Waals surface area contributed by atoms with Crippen LogP contribution >= 0.6 is 22.9 Å². The van der Waals surface area contributed by atoms with Gasteiger partial charge in [0.15, 0.2) is 0 Å². The van der Waals surface area contributed by atoms with E-state index in [-0.39, 0.29) is 0 Å². The zero-order valence-electron chi connectivity index (χ0n) is 13.5. The molecule has 4 nitrogen and oxygen atoms in total. The molecular weight excluding hydrogens is 342 g/mol. The number of fused-ring (bicyclic) bond motifs is 1. The molecule has 1 saturated heterocycles. The summed E-state index contributed by atoms with van der Waals surface area (Å²) in [5.41, 5.74) is 4.22. The summed E-state index contributed by atoms with van der Waals surface area (Å²) in [5.74, 6) is 0. The maximum absolute atomic E-state index is 6.27. The molecule has 0 bridgehead atoms. The second-order valence-electron chi connectivity index (χ2n) is 5.99. The smallest absolute Gasteiger partial charge is 0.107 e. The Morgan fingerprint density at radius 2 is 2.12 bits per heavy atom. The molecule has 3 aromatic rings. The number of aryl methyl sites for hydroxylation is 1. The van der Waals surface area contributed by atoms with Crippen molar-refractivity contribution in [2.24, 2.45) is 0 Å². The van der Waals surface area contributed by atoms with E-state index in [9.17, 15) is 0 Å². The summed E-state index contributed by atoms with van der Waals surface area (Å²) in [6.07, 6.45) is 1.74. The SMILES string of the molecule is Cc1cc2c(Cl)ccnc2cc1-c1csc(CN2CCOCC2)n1. The Balaban J connectivity index is 1.64. The van der Waals surface area contributed by atoms with Crippen LogP contribution in [0.4, 0.5) is 0 Å². The van der Waals surface area contributed by atoms with E-state index in [1.165, 1.54) is 5.56 Å². The first-order valence-corrected chi connectivity index (χ1v) is 9.26. The van der Waals surface area contributed by atoms with Crippen LogP contribution in [0.1, 0.15) is 10.6 Å². The van der Waals surface area contributed by atoms with Crippen molar-refractivity contribution < 1.29 is 4.74 Å². The van der Waals surface area contributed by atoms with Crippen LogP contribution in [0.2, 0.25) is 5.02 Å². The number of halogens is 1. The van der Waals surface area contributed by atoms with Crippen molar-refractivity contribution in [1.29, 1.82) is 0 Å². The van der Waals surface area contributed by atoms with Crippen LogP contribution in [0.3, 0.4) is 0 Å². The number of hydrogen-bond acceptors (Lipinski definition) is 5. The van der Waals surface area contributed by atoms with Gasteiger partial charge in [-0.05, 0) is 30.7 Å². The van der Waals surface area contributed by atoms with Gasteiger partial charge < -0.3 is 4.74 Å². The highest BCUT2D eigenvalue weighted by atomic mass is 35.5. The van der Waals surface area contributed by atoms with Crippen molar-refractivity contribution in [2.45, 2.75) is 13.5 Å². The maximum Gasteiger partial charge on any atom is 0.107 e. The Kier molecular flexibility index (Phi) is 4.50. The lowest BCUT2D eigenvalue weighted by molar-refractivity contribution is 0.0342. The molecule has 0 N–H and O–H groups in total. The fraction of sp³-hybridized carbons (Fsp3) is 0.333. The third kappa shape index (κ3) is 3.17. The Labute approximate surface area is 150 Å². The normalized spacial score (nSPS) is 15.9. The van der Waals surface area contributed by atoms with E-state index in [0.29, 0.717) is 0 Å². The standard InChI is InChI=1S/C18H18ClN3OS/c1-12-8-14-15(19)2-3-20-16(14)9-13(12)17-11-24-18(21-17)10-22-4-6-23-7-5-22/h2-3,8-9,11H,4-7,10H2,1H3. The van der Waals surface area contributed by atoms with Gasteiger partial charge in [-0.25, -0.2) is 4.98 Å². The fourth-order valence-corrected chi connectivity index (χ4v) is 4.04. The van der Waals surface area contributed by atoms with Gasteiger partial charge in [0.1, 0.15) is 5.01 Å². The lowest BCUT2D eigenvalue weighted by Crippen LogP contribution is -2.35. The van der Waals surface area contributed by atoms with Crippen LogP contribution in [0.15, 0.2) is 29.8 Å². The summed E-state index contributed by atoms with van der Waals surface area (Å²) in [6, 6.07) is 6.01. The van der Waals surface area contributed by atoms with E-state index in [0.717, 1.165) is 65.0 Å². The largest absolute Gasteiger partial charge is 0.379 e. The lowest BCUT2D eigenvalue weighted by Gasteiger charge is -2.25. The van der Waals surface area contributed by atoms with Crippen molar-refractivity contribution in [3.05, 3.63) is 45.4 Å². The summed E-state index contributed by atoms with van der Waals surface area (Å²) >= 11 is 7.99. The minimum Gasteiger partial charge on any atom is -0.379 e. The number of thiazole rings is 1. The summed E-state index contributed by atoms with van der Waals surface area (Å²) in [4.78, 5) is 11.7. The Morgan fingerprint density at radius 3 is 2.96 bits per heavy atom. The topological polar surface area (TPSA) is 38.2 Å². The van der Waals surface area contributed by atoms with Gasteiger partial charge in [-0.15, -0.1) is 11.3 Å². The minimum atomic E-state index is 0.737. The van der Waals surface area contributed by atoms with Gasteiger partial charge >= 0.3 is 0 Å². The lowest BCUT2D eigenvalue weighted by atomic mass is 10.0. The number of rotatable bonds is 3. The maximum atomic E-state index is 6.27. The summed E-state index contributed by atoms with van der Waals surface area (Å²) in [7, 11) is 0. The molecule has 24 heavy (non-hydrogen) atoms. The average molecular weight is 360 g/mol. The zero-order chi connectivity index (χ0) is 16.5. The molecular formula is C18H18ClN3OS. The third-order valence-corrected chi connectivity index (χ3v) is 5.49. The van der Waals surface area contributed by atoms with Gasteiger partial charge in [-0.2, -0.15) is 0 Å². The molecule has 1 aromatic carbocycles. The van der Waals surface area contributed by atoms with Crippen molar-refractivity contribution in [3.63, 3.8) is 0 Å². The van der Waals surface area contributed by atoms with E-state index in [1.54, 1.807) is 17.5 Å². The molecule has 0 atom stereocenters. The first kappa shape index (κ1) is 16.0. The van der Waals surface area contributed by atoms with Crippen molar-refractivity contribution in [3.8, 4) is 11.3 Å². The van der Waals surface area contributed by atoms with Gasteiger partial charge in [-0.1, -0.05) is 11.6 Å². The van der Waals surface area contributed by atoms with Crippen LogP contribution in [0.5, 0.6) is 0 Å². The van der Waals surface area contributed by atoms with Crippen LogP contribution in [0, 0.1) is 6.92 Å². The van der Waals surface area contributed by atoms with Gasteiger partial charge in [0, 0.05) is 35.6 Å². The zero-order valence-corrected chi connectivity index (χ0v) is 15.0. The monoisotopic (exact) mass is 359 g/mol. The average Bonchev–Trinajstić information content (AvgIpc) is 3.04. The molecule has 4 rings (SSSR count). The Hall–Kier alpha value is -1.53. The first-order chi connectivity index (χ1) is 11.7. The van der Waals surface area contributed by atoms with Crippen molar-refractivity contribution in [2.75, 3.05) is 26.3 Å². The highest BCUT2D eigenvalue weighted by Gasteiger charge is 2.14. The number of morpholine rings is 1. The molecule has 1 aliphatic heterocycles. The predicted octanol–water partition coefficient (Wildman–Crippen LogP) is 4.15. The molecule has 2 aromatic heterocycles. The molecule has 3 heterocycles. The Bertz CT molecular complexity index is 874. The molecule has 0 unspecified atom stereocenters. The molecule has 124 valence electrons. The van der Waals surface area contributed by atoms with Gasteiger partial charge in [0.25, 0.3) is 0 Å². The molecule has 1 fully saturated rings. The minimum absolute atomic E-state index is 0.737. The number of aromatic nitrogens is 2. The van der Waals surface area contributed by atoms with E-state index >= 15 is 0 Å². The highest BCUT2D eigenvalue weighted by Crippen LogP contribution is 2.31. The first-order valence-electron chi connectivity index (χ1n) is 8.00. The van der Waals surface area contributed by atoms with Gasteiger partial charge in [-0.3, -0.25) is 9.88 Å². The molecule has 1 aliphatic rings. The molecule has 0 aliphatic carbocycles. The van der Waals surface area contributed by atoms with E-state index < -0.39 is 0 Å². The summed E-state index contributed by atoms with van der Waals surface area (Å²) in [5, 5.41) is 5.00. The molecule has 0 spiro atoms. The predicted molar refractivity (Wildman–Crippen MR) is 98.7 cm³/mol. The van der Waals surface area contributed by atoms with Gasteiger partial charge in [0.05, 0.1) is 36.0 Å². The van der Waals surface area contributed by atoms with Crippen LogP contribution in [0.25, 0.3) is 22.2 Å². The second kappa shape index (κ2) is 6.76. The van der Waals surface area contributed by atoms with E-state index in [2.05, 4.69) is 34.3 Å². The number of hydrogen-bond donors (Lipinski definition) is 0. The van der Waals surface area contributed by atoms with Crippen molar-refractivity contribution >= 4 is 33.8 Å². The number of pyridine rings is 1. The van der Waals surface area contributed by atoms with Crippen LogP contribution in [-0.4, -0.2) is 41.2 Å². The van der Waals surface area contributed by atoms with Crippen molar-refractivity contribution in [1.82, 2.24) is 14.9 Å². The van der Waals surface area contributed by atoms with Crippen LogP contribution in [-0.2, 0) is 11.3 Å². The van der Waals surface area contributed by atoms with E-state index in [4.69, 9.17) is 21.3 Å². The molecule has 0 amide bonds. The molecule has 0 radical (unpaired) electrons. The quantitative estimate of drug-likeness (QED) is 0.704. The fourth-order valence-electron chi connectivity index (χ4n) is 3.00. The molecule has 6 heteroatoms. The second-order valence-corrected chi connectivity index (χ2v) is 7.34. The summed E-state index contributed by atoms with van der Waals surface area (Å²) in [6.45, 7) is 6.57. The number of nitrogens with zero attached hydrogens (tertiary/aromatic N) is 3. The van der Waals surface area contributed by atoms with Crippen LogP contribution < -0.4 is 0 Å². The van der Waals surface area contributed by atoms with E-state index in [1.807, 2.05) is 6.07 Å². The number of benzene rings is 1. The summed E-state index contributed by atoms with van der Waals surface area (Å²) < 4.78 is 5.40. The highest BCUT2D eigenvalue weighted by molar-refractivity contribution is 7.09. The Morgan fingerprint density at radius 1 is 1.29 bits per heavy atom. The molecule has 0 saturated carbocycles. The van der Waals surface area contributed by atoms with Gasteiger partial charge in [0.2, 0.25) is 0 Å². The number of ether oxygens (including phenoxy) is 1.